The van der Waals surface area contributed by atoms with E-state index in [4.69, 9.17) is 9.15 Å². The highest BCUT2D eigenvalue weighted by atomic mass is 32.2. The SMILES string of the molecule is COC[C@H]1CN(c2cc(C)c3c4c(c(=O)oc3c2C)CN(C(=O)c2ccc(C(=O)NS(=O)(=O)N(C)C3CCCC3)cc2F)CC4)CCN1C. The molecule has 3 aromatic rings. The Labute approximate surface area is 286 Å². The Kier molecular flexibility index (Phi) is 9.86. The fraction of sp³-hybridized carbons (Fsp3) is 0.514. The maximum absolute atomic E-state index is 15.3. The van der Waals surface area contributed by atoms with Crippen LogP contribution in [-0.4, -0.2) is 100 Å². The van der Waals surface area contributed by atoms with Gasteiger partial charge in [-0.3, -0.25) is 14.5 Å². The summed E-state index contributed by atoms with van der Waals surface area (Å²) in [4.78, 5) is 45.7. The summed E-state index contributed by atoms with van der Waals surface area (Å²) in [6, 6.07) is 5.42. The summed E-state index contributed by atoms with van der Waals surface area (Å²) in [6.45, 7) is 7.24. The quantitative estimate of drug-likeness (QED) is 0.352. The van der Waals surface area contributed by atoms with Gasteiger partial charge in [0.15, 0.2) is 0 Å². The summed E-state index contributed by atoms with van der Waals surface area (Å²) in [5.41, 5.74) is 3.53. The number of rotatable bonds is 8. The van der Waals surface area contributed by atoms with Gasteiger partial charge in [-0.1, -0.05) is 12.8 Å². The summed E-state index contributed by atoms with van der Waals surface area (Å²) >= 11 is 0. The van der Waals surface area contributed by atoms with Crippen LogP contribution in [0.15, 0.2) is 33.5 Å². The third-order valence-electron chi connectivity index (χ3n) is 10.5. The van der Waals surface area contributed by atoms with E-state index in [1.165, 1.54) is 24.1 Å². The predicted octanol–water partition coefficient (Wildman–Crippen LogP) is 3.36. The molecule has 2 aliphatic heterocycles. The smallest absolute Gasteiger partial charge is 0.341 e. The first kappa shape index (κ1) is 35.0. The molecule has 264 valence electrons. The summed E-state index contributed by atoms with van der Waals surface area (Å²) in [5.74, 6) is -2.60. The van der Waals surface area contributed by atoms with Crippen LogP contribution in [0.5, 0.6) is 0 Å². The first-order valence-corrected chi connectivity index (χ1v) is 18.2. The van der Waals surface area contributed by atoms with Gasteiger partial charge < -0.3 is 19.0 Å². The molecule has 2 fully saturated rings. The van der Waals surface area contributed by atoms with E-state index in [1.807, 2.05) is 18.6 Å². The largest absolute Gasteiger partial charge is 0.422 e. The lowest BCUT2D eigenvalue weighted by Gasteiger charge is -2.41. The zero-order chi connectivity index (χ0) is 35.2. The molecule has 0 bridgehead atoms. The molecular formula is C35H44FN5O7S. The molecule has 0 radical (unpaired) electrons. The number of benzene rings is 2. The minimum atomic E-state index is -4.13. The second kappa shape index (κ2) is 13.8. The third-order valence-corrected chi connectivity index (χ3v) is 12.0. The molecule has 1 N–H and O–H groups in total. The Morgan fingerprint density at radius 2 is 1.84 bits per heavy atom. The molecular weight excluding hydrogens is 653 g/mol. The minimum Gasteiger partial charge on any atom is -0.422 e. The molecule has 2 aromatic carbocycles. The lowest BCUT2D eigenvalue weighted by Crippen LogP contribution is -2.53. The number of ether oxygens (including phenoxy) is 1. The first-order chi connectivity index (χ1) is 23.3. The Hall–Kier alpha value is -3.85. The van der Waals surface area contributed by atoms with Gasteiger partial charge in [0.2, 0.25) is 0 Å². The first-order valence-electron chi connectivity index (χ1n) is 16.7. The van der Waals surface area contributed by atoms with Crippen LogP contribution in [0.25, 0.3) is 11.0 Å². The van der Waals surface area contributed by atoms with Crippen molar-refractivity contribution in [3.05, 3.63) is 73.9 Å². The van der Waals surface area contributed by atoms with E-state index in [-0.39, 0.29) is 36.3 Å². The Morgan fingerprint density at radius 1 is 1.10 bits per heavy atom. The maximum atomic E-state index is 15.3. The second-order valence-corrected chi connectivity index (χ2v) is 15.2. The van der Waals surface area contributed by atoms with Crippen molar-refractivity contribution in [1.29, 1.82) is 0 Å². The lowest BCUT2D eigenvalue weighted by molar-refractivity contribution is 0.0727. The van der Waals surface area contributed by atoms with E-state index in [2.05, 4.69) is 22.9 Å². The summed E-state index contributed by atoms with van der Waals surface area (Å²) in [5, 5.41) is 0.862. The molecule has 2 amide bonds. The van der Waals surface area contributed by atoms with Crippen LogP contribution in [0.3, 0.4) is 0 Å². The number of halogens is 1. The molecule has 0 spiro atoms. The van der Waals surface area contributed by atoms with Gasteiger partial charge in [0, 0.05) is 68.6 Å². The number of carbonyl (C=O) groups excluding carboxylic acids is 2. The molecule has 1 atom stereocenters. The number of hydrogen-bond acceptors (Lipinski definition) is 9. The van der Waals surface area contributed by atoms with Gasteiger partial charge in [-0.15, -0.1) is 0 Å². The van der Waals surface area contributed by atoms with Gasteiger partial charge in [-0.2, -0.15) is 12.7 Å². The third kappa shape index (κ3) is 6.71. The van der Waals surface area contributed by atoms with Gasteiger partial charge in [-0.25, -0.2) is 13.9 Å². The fourth-order valence-corrected chi connectivity index (χ4v) is 8.60. The number of methoxy groups -OCH3 is 1. The van der Waals surface area contributed by atoms with Crippen LogP contribution in [0.2, 0.25) is 0 Å². The van der Waals surface area contributed by atoms with Gasteiger partial charge in [0.05, 0.1) is 30.3 Å². The molecule has 6 rings (SSSR count). The second-order valence-electron chi connectivity index (χ2n) is 13.5. The predicted molar refractivity (Wildman–Crippen MR) is 184 cm³/mol. The van der Waals surface area contributed by atoms with E-state index >= 15 is 4.39 Å². The highest BCUT2D eigenvalue weighted by Gasteiger charge is 2.33. The Balaban J connectivity index is 1.21. The molecule has 49 heavy (non-hydrogen) atoms. The molecule has 0 unspecified atom stereocenters. The van der Waals surface area contributed by atoms with Gasteiger partial charge in [0.1, 0.15) is 11.4 Å². The number of likely N-dealkylation sites (N-methyl/N-ethyl adjacent to an activating group) is 1. The van der Waals surface area contributed by atoms with Gasteiger partial charge in [0.25, 0.3) is 11.8 Å². The maximum Gasteiger partial charge on any atom is 0.341 e. The molecule has 1 saturated carbocycles. The summed E-state index contributed by atoms with van der Waals surface area (Å²) in [7, 11) is 1.08. The number of nitrogens with one attached hydrogen (secondary N) is 1. The highest BCUT2D eigenvalue weighted by Crippen LogP contribution is 2.36. The topological polar surface area (TPSA) is 133 Å². The number of carbonyl (C=O) groups is 2. The van der Waals surface area contributed by atoms with E-state index < -0.39 is 33.5 Å². The number of piperazine rings is 1. The molecule has 1 aliphatic carbocycles. The summed E-state index contributed by atoms with van der Waals surface area (Å²) < 4.78 is 55.4. The molecule has 1 aromatic heterocycles. The van der Waals surface area contributed by atoms with Crippen LogP contribution in [0.1, 0.15) is 68.7 Å². The highest BCUT2D eigenvalue weighted by molar-refractivity contribution is 7.87. The van der Waals surface area contributed by atoms with Crippen molar-refractivity contribution < 1.29 is 31.6 Å². The van der Waals surface area contributed by atoms with Crippen LogP contribution >= 0.6 is 0 Å². The van der Waals surface area contributed by atoms with Crippen molar-refractivity contribution in [3.8, 4) is 0 Å². The van der Waals surface area contributed by atoms with Gasteiger partial charge in [-0.05, 0) is 75.5 Å². The Bertz CT molecular complexity index is 1960. The monoisotopic (exact) mass is 697 g/mol. The van der Waals surface area contributed by atoms with Crippen molar-refractivity contribution >= 4 is 38.7 Å². The number of nitrogens with zero attached hydrogens (tertiary/aromatic N) is 4. The lowest BCUT2D eigenvalue weighted by atomic mass is 9.92. The van der Waals surface area contributed by atoms with Crippen molar-refractivity contribution in [2.75, 3.05) is 58.9 Å². The Morgan fingerprint density at radius 3 is 2.53 bits per heavy atom. The van der Waals surface area contributed by atoms with E-state index in [9.17, 15) is 22.8 Å². The van der Waals surface area contributed by atoms with E-state index in [0.29, 0.717) is 37.0 Å². The standard InChI is InChI=1S/C35H44FN5O7S/c1-21-16-30(40-15-14-38(3)25(18-40)20-47-5)22(2)32-31(21)26-12-13-41(19-28(26)35(44)48-32)34(43)27-11-10-23(17-29(27)36)33(42)37-49(45,46)39(4)24-8-6-7-9-24/h10-11,16-17,24-25H,6-9,12-15,18-20H2,1-5H3,(H,37,42)/t25-/m1/s1. The number of fused-ring (bicyclic) bond motifs is 3. The molecule has 3 aliphatic rings. The number of aryl methyl sites for hydroxylation is 2. The fourth-order valence-electron chi connectivity index (χ4n) is 7.50. The molecule has 3 heterocycles. The average molecular weight is 698 g/mol. The normalized spacial score (nSPS) is 19.1. The van der Waals surface area contributed by atoms with Gasteiger partial charge >= 0.3 is 15.8 Å². The van der Waals surface area contributed by atoms with E-state index in [1.54, 1.807) is 7.11 Å². The number of anilines is 1. The van der Waals surface area contributed by atoms with Crippen molar-refractivity contribution in [2.24, 2.45) is 0 Å². The minimum absolute atomic E-state index is 0.0583. The molecule has 14 heteroatoms. The molecule has 1 saturated heterocycles. The zero-order valence-corrected chi connectivity index (χ0v) is 29.5. The summed E-state index contributed by atoms with van der Waals surface area (Å²) in [6.07, 6.45) is 3.63. The molecule has 12 nitrogen and oxygen atoms in total. The zero-order valence-electron chi connectivity index (χ0n) is 28.7. The van der Waals surface area contributed by atoms with Crippen molar-refractivity contribution in [3.63, 3.8) is 0 Å². The van der Waals surface area contributed by atoms with Crippen LogP contribution in [0, 0.1) is 19.7 Å². The average Bonchev–Trinajstić information content (AvgIpc) is 3.61. The van der Waals surface area contributed by atoms with Crippen molar-refractivity contribution in [1.82, 2.24) is 18.8 Å². The van der Waals surface area contributed by atoms with Crippen LogP contribution < -0.4 is 15.2 Å². The van der Waals surface area contributed by atoms with Crippen molar-refractivity contribution in [2.45, 2.75) is 64.6 Å². The van der Waals surface area contributed by atoms with Crippen LogP contribution in [0.4, 0.5) is 10.1 Å². The van der Waals surface area contributed by atoms with E-state index in [0.717, 1.165) is 70.6 Å². The number of hydrogen-bond donors (Lipinski definition) is 1. The van der Waals surface area contributed by atoms with Crippen LogP contribution in [-0.2, 0) is 27.9 Å². The number of amides is 2.